The summed E-state index contributed by atoms with van der Waals surface area (Å²) in [5.74, 6) is 0.0160. The van der Waals surface area contributed by atoms with E-state index in [4.69, 9.17) is 0 Å². The molecule has 4 nitrogen and oxygen atoms in total. The van der Waals surface area contributed by atoms with Gasteiger partial charge in [-0.3, -0.25) is 4.79 Å². The molecule has 1 aromatic carbocycles. The van der Waals surface area contributed by atoms with Crippen molar-refractivity contribution in [2.45, 2.75) is 6.10 Å². The lowest BCUT2D eigenvalue weighted by atomic mass is 10.1. The van der Waals surface area contributed by atoms with Gasteiger partial charge >= 0.3 is 0 Å². The Morgan fingerprint density at radius 2 is 2.05 bits per heavy atom. The standard InChI is InChI=1S/C16H17BrN2O2S/c17-12-3-1-10(2-4-12)14-5-6-15(22-14)16(21)19-8-11-7-18-9-13(11)20/h1-6,11,13,18,20H,7-9H2,(H,19,21). The van der Waals surface area contributed by atoms with E-state index >= 15 is 0 Å². The number of hydrogen-bond donors (Lipinski definition) is 3. The van der Waals surface area contributed by atoms with Gasteiger partial charge in [-0.1, -0.05) is 28.1 Å². The second-order valence-corrected chi connectivity index (χ2v) is 7.37. The van der Waals surface area contributed by atoms with Crippen molar-refractivity contribution in [2.24, 2.45) is 5.92 Å². The van der Waals surface area contributed by atoms with Crippen LogP contribution in [0.4, 0.5) is 0 Å². The molecule has 2 heterocycles. The first-order valence-corrected chi connectivity index (χ1v) is 8.77. The SMILES string of the molecule is O=C(NCC1CNCC1O)c1ccc(-c2ccc(Br)cc2)s1. The molecule has 0 saturated carbocycles. The van der Waals surface area contributed by atoms with Crippen molar-refractivity contribution >= 4 is 33.2 Å². The predicted molar refractivity (Wildman–Crippen MR) is 92.2 cm³/mol. The summed E-state index contributed by atoms with van der Waals surface area (Å²) in [6, 6.07) is 11.8. The number of rotatable bonds is 4. The normalized spacial score (nSPS) is 21.0. The zero-order valence-electron chi connectivity index (χ0n) is 11.9. The van der Waals surface area contributed by atoms with Crippen molar-refractivity contribution in [3.63, 3.8) is 0 Å². The number of benzene rings is 1. The van der Waals surface area contributed by atoms with E-state index in [1.165, 1.54) is 11.3 Å². The number of nitrogens with one attached hydrogen (secondary N) is 2. The highest BCUT2D eigenvalue weighted by molar-refractivity contribution is 9.10. The van der Waals surface area contributed by atoms with Gasteiger partial charge in [0.2, 0.25) is 0 Å². The molecule has 3 N–H and O–H groups in total. The third-order valence-corrected chi connectivity index (χ3v) is 5.45. The van der Waals surface area contributed by atoms with Gasteiger partial charge in [-0.2, -0.15) is 0 Å². The maximum absolute atomic E-state index is 12.2. The molecule has 1 aliphatic rings. The first kappa shape index (κ1) is 15.7. The number of amides is 1. The monoisotopic (exact) mass is 380 g/mol. The van der Waals surface area contributed by atoms with Crippen LogP contribution in [0.1, 0.15) is 9.67 Å². The van der Waals surface area contributed by atoms with Gasteiger partial charge in [0.15, 0.2) is 0 Å². The molecule has 116 valence electrons. The van der Waals surface area contributed by atoms with Crippen LogP contribution in [-0.4, -0.2) is 36.8 Å². The Hall–Kier alpha value is -1.21. The summed E-state index contributed by atoms with van der Waals surface area (Å²) in [5, 5.41) is 15.8. The fourth-order valence-corrected chi connectivity index (χ4v) is 3.66. The highest BCUT2D eigenvalue weighted by Crippen LogP contribution is 2.29. The minimum absolute atomic E-state index is 0.0764. The second-order valence-electron chi connectivity index (χ2n) is 5.37. The van der Waals surface area contributed by atoms with Gasteiger partial charge in [0.05, 0.1) is 11.0 Å². The molecule has 2 aromatic rings. The quantitative estimate of drug-likeness (QED) is 0.763. The Kier molecular flexibility index (Phi) is 4.93. The molecule has 6 heteroatoms. The largest absolute Gasteiger partial charge is 0.391 e. The van der Waals surface area contributed by atoms with E-state index in [0.29, 0.717) is 18.0 Å². The van der Waals surface area contributed by atoms with Gasteiger partial charge in [-0.05, 0) is 29.8 Å². The molecule has 1 amide bonds. The lowest BCUT2D eigenvalue weighted by Crippen LogP contribution is -2.33. The van der Waals surface area contributed by atoms with Crippen LogP contribution in [0.3, 0.4) is 0 Å². The molecule has 0 aliphatic carbocycles. The van der Waals surface area contributed by atoms with Crippen molar-refractivity contribution in [3.05, 3.63) is 45.7 Å². The van der Waals surface area contributed by atoms with Crippen molar-refractivity contribution in [3.8, 4) is 10.4 Å². The maximum atomic E-state index is 12.2. The number of thiophene rings is 1. The highest BCUT2D eigenvalue weighted by Gasteiger charge is 2.25. The van der Waals surface area contributed by atoms with E-state index in [1.807, 2.05) is 36.4 Å². The molecule has 1 saturated heterocycles. The third-order valence-electron chi connectivity index (χ3n) is 3.79. The summed E-state index contributed by atoms with van der Waals surface area (Å²) in [4.78, 5) is 14.0. The number of carbonyl (C=O) groups excluding carboxylic acids is 1. The zero-order valence-corrected chi connectivity index (χ0v) is 14.3. The molecule has 2 atom stereocenters. The molecule has 1 fully saturated rings. The van der Waals surface area contributed by atoms with Crippen molar-refractivity contribution in [1.29, 1.82) is 0 Å². The average Bonchev–Trinajstić information content (AvgIpc) is 3.15. The van der Waals surface area contributed by atoms with Gasteiger partial charge in [-0.15, -0.1) is 11.3 Å². The van der Waals surface area contributed by atoms with E-state index in [0.717, 1.165) is 21.5 Å². The Bertz CT molecular complexity index is 656. The van der Waals surface area contributed by atoms with Gasteiger partial charge in [0, 0.05) is 34.9 Å². The minimum Gasteiger partial charge on any atom is -0.391 e. The Morgan fingerprint density at radius 3 is 2.73 bits per heavy atom. The maximum Gasteiger partial charge on any atom is 0.261 e. The first-order valence-electron chi connectivity index (χ1n) is 7.16. The number of aliphatic hydroxyl groups excluding tert-OH is 1. The first-order chi connectivity index (χ1) is 10.6. The van der Waals surface area contributed by atoms with E-state index in [1.54, 1.807) is 0 Å². The number of aliphatic hydroxyl groups is 1. The predicted octanol–water partition coefficient (Wildman–Crippen LogP) is 2.49. The summed E-state index contributed by atoms with van der Waals surface area (Å²) < 4.78 is 1.04. The van der Waals surface area contributed by atoms with E-state index in [2.05, 4.69) is 26.6 Å². The van der Waals surface area contributed by atoms with Crippen molar-refractivity contribution in [1.82, 2.24) is 10.6 Å². The smallest absolute Gasteiger partial charge is 0.261 e. The van der Waals surface area contributed by atoms with Crippen molar-refractivity contribution in [2.75, 3.05) is 19.6 Å². The summed E-state index contributed by atoms with van der Waals surface area (Å²) in [7, 11) is 0. The summed E-state index contributed by atoms with van der Waals surface area (Å²) in [5.41, 5.74) is 1.10. The lowest BCUT2D eigenvalue weighted by molar-refractivity contribution is 0.0931. The fraction of sp³-hybridized carbons (Fsp3) is 0.312. The van der Waals surface area contributed by atoms with E-state index in [-0.39, 0.29) is 17.9 Å². The van der Waals surface area contributed by atoms with Crippen molar-refractivity contribution < 1.29 is 9.90 Å². The summed E-state index contributed by atoms with van der Waals surface area (Å²) in [6.45, 7) is 1.85. The molecule has 1 aromatic heterocycles. The Labute approximate surface area is 141 Å². The molecule has 2 unspecified atom stereocenters. The summed E-state index contributed by atoms with van der Waals surface area (Å²) in [6.07, 6.45) is -0.373. The van der Waals surface area contributed by atoms with Gasteiger partial charge in [0.1, 0.15) is 0 Å². The van der Waals surface area contributed by atoms with Crippen LogP contribution in [0.15, 0.2) is 40.9 Å². The zero-order chi connectivity index (χ0) is 15.5. The lowest BCUT2D eigenvalue weighted by Gasteiger charge is -2.13. The third kappa shape index (κ3) is 3.57. The van der Waals surface area contributed by atoms with Crippen LogP contribution in [0.5, 0.6) is 0 Å². The fourth-order valence-electron chi connectivity index (χ4n) is 2.47. The number of hydrogen-bond acceptors (Lipinski definition) is 4. The van der Waals surface area contributed by atoms with E-state index < -0.39 is 0 Å². The topological polar surface area (TPSA) is 61.4 Å². The molecular weight excluding hydrogens is 364 g/mol. The van der Waals surface area contributed by atoms with Crippen LogP contribution in [0.2, 0.25) is 0 Å². The molecular formula is C16H17BrN2O2S. The average molecular weight is 381 g/mol. The van der Waals surface area contributed by atoms with Gasteiger partial charge in [-0.25, -0.2) is 0 Å². The second kappa shape index (κ2) is 6.91. The summed E-state index contributed by atoms with van der Waals surface area (Å²) >= 11 is 4.90. The van der Waals surface area contributed by atoms with Crippen LogP contribution in [0, 0.1) is 5.92 Å². The van der Waals surface area contributed by atoms with E-state index in [9.17, 15) is 9.90 Å². The van der Waals surface area contributed by atoms with Crippen LogP contribution in [-0.2, 0) is 0 Å². The number of halogens is 1. The molecule has 1 aliphatic heterocycles. The van der Waals surface area contributed by atoms with Crippen LogP contribution in [0.25, 0.3) is 10.4 Å². The van der Waals surface area contributed by atoms with Crippen LogP contribution < -0.4 is 10.6 Å². The molecule has 0 radical (unpaired) electrons. The highest BCUT2D eigenvalue weighted by atomic mass is 79.9. The molecule has 0 spiro atoms. The number of carbonyl (C=O) groups is 1. The molecule has 22 heavy (non-hydrogen) atoms. The Balaban J connectivity index is 1.63. The Morgan fingerprint density at radius 1 is 1.27 bits per heavy atom. The van der Waals surface area contributed by atoms with Gasteiger partial charge < -0.3 is 15.7 Å². The molecule has 0 bridgehead atoms. The minimum atomic E-state index is -0.373. The van der Waals surface area contributed by atoms with Crippen LogP contribution >= 0.6 is 27.3 Å². The number of β-amino-alcohol motifs (C(OH)–C–C–N with tert-alkyl or cyclic N) is 1. The molecule has 3 rings (SSSR count). The van der Waals surface area contributed by atoms with Gasteiger partial charge in [0.25, 0.3) is 5.91 Å².